The molecule has 0 unspecified atom stereocenters. The molecule has 2 N–H and O–H groups in total. The third-order valence-corrected chi connectivity index (χ3v) is 3.02. The summed E-state index contributed by atoms with van der Waals surface area (Å²) in [5.41, 5.74) is 0. The molecule has 7 heteroatoms. The third kappa shape index (κ3) is 9.46. The smallest absolute Gasteiger partial charge is 0.191 e. The molecule has 0 fully saturated rings. The molecule has 0 amide bonds. The minimum Gasteiger partial charge on any atom is -0.469 e. The van der Waals surface area contributed by atoms with E-state index in [4.69, 9.17) is 4.42 Å². The fourth-order valence-corrected chi connectivity index (χ4v) is 1.76. The number of furan rings is 1. The van der Waals surface area contributed by atoms with Gasteiger partial charge in [0.1, 0.15) is 5.76 Å². The summed E-state index contributed by atoms with van der Waals surface area (Å²) in [6.07, 6.45) is 5.00. The molecule has 0 aromatic carbocycles. The summed E-state index contributed by atoms with van der Waals surface area (Å²) in [6, 6.07) is 3.82. The minimum absolute atomic E-state index is 0. The maximum absolute atomic E-state index is 12.1. The number of guanidine groups is 1. The highest BCUT2D eigenvalue weighted by molar-refractivity contribution is 14.0. The number of thioether (sulfide) groups is 1. The zero-order valence-electron chi connectivity index (χ0n) is 11.7. The molecule has 4 nitrogen and oxygen atoms in total. The van der Waals surface area contributed by atoms with Gasteiger partial charge in [-0.25, -0.2) is 0 Å². The lowest BCUT2D eigenvalue weighted by atomic mass is 10.3. The summed E-state index contributed by atoms with van der Waals surface area (Å²) in [6.45, 7) is 1.78. The molecule has 0 bridgehead atoms. The molecule has 1 heterocycles. The normalized spacial score (nSPS) is 11.0. The molecule has 0 spiro atoms. The van der Waals surface area contributed by atoms with Gasteiger partial charge in [-0.2, -0.15) is 11.8 Å². The van der Waals surface area contributed by atoms with Crippen molar-refractivity contribution in [3.05, 3.63) is 24.2 Å². The molecule has 0 saturated heterocycles. The molecular weight excluding hydrogens is 392 g/mol. The van der Waals surface area contributed by atoms with E-state index in [0.29, 0.717) is 13.0 Å². The van der Waals surface area contributed by atoms with E-state index in [-0.39, 0.29) is 30.7 Å². The van der Waals surface area contributed by atoms with Gasteiger partial charge >= 0.3 is 0 Å². The first-order valence-electron chi connectivity index (χ1n) is 6.46. The molecule has 0 aliphatic carbocycles. The first-order chi connectivity index (χ1) is 9.36. The Morgan fingerprint density at radius 2 is 2.20 bits per heavy atom. The van der Waals surface area contributed by atoms with Crippen LogP contribution in [0.5, 0.6) is 0 Å². The molecule has 1 aromatic rings. The second-order valence-electron chi connectivity index (χ2n) is 3.95. The van der Waals surface area contributed by atoms with Crippen molar-refractivity contribution in [1.29, 1.82) is 0 Å². The Labute approximate surface area is 141 Å². The van der Waals surface area contributed by atoms with Crippen LogP contribution in [0.3, 0.4) is 0 Å². The maximum atomic E-state index is 12.1. The van der Waals surface area contributed by atoms with E-state index in [9.17, 15) is 4.39 Å². The Kier molecular flexibility index (Phi) is 13.2. The summed E-state index contributed by atoms with van der Waals surface area (Å²) in [5, 5.41) is 6.45. The Hall–Kier alpha value is -0.440. The molecular formula is C13H23FIN3OS. The van der Waals surface area contributed by atoms with E-state index < -0.39 is 0 Å². The summed E-state index contributed by atoms with van der Waals surface area (Å²) < 4.78 is 17.3. The molecule has 0 saturated carbocycles. The van der Waals surface area contributed by atoms with Crippen LogP contribution in [0.1, 0.15) is 12.2 Å². The Morgan fingerprint density at radius 3 is 2.85 bits per heavy atom. The summed E-state index contributed by atoms with van der Waals surface area (Å²) >= 11 is 1.77. The summed E-state index contributed by atoms with van der Waals surface area (Å²) in [5.74, 6) is 2.70. The van der Waals surface area contributed by atoms with Crippen LogP contribution in [0.15, 0.2) is 27.8 Å². The van der Waals surface area contributed by atoms with Crippen molar-refractivity contribution >= 4 is 41.7 Å². The summed E-state index contributed by atoms with van der Waals surface area (Å²) in [4.78, 5) is 4.32. The highest BCUT2D eigenvalue weighted by Crippen LogP contribution is 1.99. The first-order valence-corrected chi connectivity index (χ1v) is 7.85. The number of hydrogen-bond donors (Lipinski definition) is 2. The van der Waals surface area contributed by atoms with Crippen LogP contribution in [0, 0.1) is 0 Å². The highest BCUT2D eigenvalue weighted by atomic mass is 127. The minimum atomic E-state index is -0.325. The van der Waals surface area contributed by atoms with Gasteiger partial charge < -0.3 is 15.1 Å². The molecule has 0 atom stereocenters. The second kappa shape index (κ2) is 13.5. The monoisotopic (exact) mass is 415 g/mol. The van der Waals surface area contributed by atoms with Crippen molar-refractivity contribution in [2.24, 2.45) is 4.99 Å². The van der Waals surface area contributed by atoms with E-state index in [1.165, 1.54) is 0 Å². The standard InChI is InChI=1S/C13H22FN3OS.HI/c1-19-11-9-17-13(15-7-3-6-14)16-8-5-12-4-2-10-18-12;/h2,4,10H,3,5-9,11H2,1H3,(H2,15,16,17);1H. The van der Waals surface area contributed by atoms with Gasteiger partial charge in [0.05, 0.1) is 12.9 Å². The molecule has 1 rings (SSSR count). The van der Waals surface area contributed by atoms with Crippen LogP contribution in [0.4, 0.5) is 4.39 Å². The second-order valence-corrected chi connectivity index (χ2v) is 4.93. The number of nitrogens with zero attached hydrogens (tertiary/aromatic N) is 1. The molecule has 20 heavy (non-hydrogen) atoms. The van der Waals surface area contributed by atoms with E-state index in [2.05, 4.69) is 21.9 Å². The van der Waals surface area contributed by atoms with E-state index in [1.807, 2.05) is 12.1 Å². The average molecular weight is 415 g/mol. The molecule has 1 aromatic heterocycles. The first kappa shape index (κ1) is 19.6. The average Bonchev–Trinajstić information content (AvgIpc) is 2.92. The number of nitrogens with one attached hydrogen (secondary N) is 2. The predicted molar refractivity (Wildman–Crippen MR) is 95.1 cm³/mol. The van der Waals surface area contributed by atoms with Crippen molar-refractivity contribution in [2.75, 3.05) is 38.3 Å². The van der Waals surface area contributed by atoms with Crippen LogP contribution in [0.2, 0.25) is 0 Å². The largest absolute Gasteiger partial charge is 0.469 e. The van der Waals surface area contributed by atoms with Crippen molar-refractivity contribution in [1.82, 2.24) is 10.6 Å². The summed E-state index contributed by atoms with van der Waals surface area (Å²) in [7, 11) is 0. The van der Waals surface area contributed by atoms with Gasteiger partial charge in [0, 0.05) is 31.8 Å². The van der Waals surface area contributed by atoms with E-state index >= 15 is 0 Å². The number of halogens is 2. The Balaban J connectivity index is 0.00000361. The fourth-order valence-electron chi connectivity index (χ4n) is 1.46. The topological polar surface area (TPSA) is 49.6 Å². The zero-order chi connectivity index (χ0) is 13.8. The quantitative estimate of drug-likeness (QED) is 0.282. The van der Waals surface area contributed by atoms with Crippen molar-refractivity contribution < 1.29 is 8.81 Å². The molecule has 116 valence electrons. The van der Waals surface area contributed by atoms with Crippen molar-refractivity contribution in [3.63, 3.8) is 0 Å². The van der Waals surface area contributed by atoms with Gasteiger partial charge in [0.25, 0.3) is 0 Å². The lowest BCUT2D eigenvalue weighted by Gasteiger charge is -2.11. The van der Waals surface area contributed by atoms with Gasteiger partial charge in [-0.1, -0.05) is 0 Å². The van der Waals surface area contributed by atoms with E-state index in [1.54, 1.807) is 18.0 Å². The van der Waals surface area contributed by atoms with Crippen LogP contribution < -0.4 is 10.6 Å². The maximum Gasteiger partial charge on any atom is 0.191 e. The third-order valence-electron chi connectivity index (χ3n) is 2.40. The number of rotatable bonds is 9. The van der Waals surface area contributed by atoms with Crippen LogP contribution >= 0.6 is 35.7 Å². The van der Waals surface area contributed by atoms with Gasteiger partial charge in [-0.15, -0.1) is 24.0 Å². The Morgan fingerprint density at radius 1 is 1.40 bits per heavy atom. The molecule has 0 radical (unpaired) electrons. The van der Waals surface area contributed by atoms with Crippen LogP contribution in [-0.2, 0) is 6.42 Å². The lowest BCUT2D eigenvalue weighted by Crippen LogP contribution is -2.39. The van der Waals surface area contributed by atoms with Crippen LogP contribution in [0.25, 0.3) is 0 Å². The fraction of sp³-hybridized carbons (Fsp3) is 0.615. The zero-order valence-corrected chi connectivity index (χ0v) is 14.9. The van der Waals surface area contributed by atoms with Gasteiger partial charge in [0.15, 0.2) is 5.96 Å². The molecule has 0 aliphatic heterocycles. The number of alkyl halides is 1. The lowest BCUT2D eigenvalue weighted by molar-refractivity contribution is 0.477. The van der Waals surface area contributed by atoms with Gasteiger partial charge in [-0.3, -0.25) is 9.38 Å². The Bertz CT molecular complexity index is 349. The van der Waals surface area contributed by atoms with Gasteiger partial charge in [0.2, 0.25) is 0 Å². The number of hydrogen-bond acceptors (Lipinski definition) is 3. The number of aliphatic imine (C=N–C) groups is 1. The highest BCUT2D eigenvalue weighted by Gasteiger charge is 1.99. The van der Waals surface area contributed by atoms with Crippen molar-refractivity contribution in [2.45, 2.75) is 12.8 Å². The van der Waals surface area contributed by atoms with E-state index in [0.717, 1.165) is 37.0 Å². The SMILES string of the molecule is CSCCNC(=NCCCF)NCCc1ccco1.I. The molecule has 0 aliphatic rings. The van der Waals surface area contributed by atoms with Crippen LogP contribution in [-0.4, -0.2) is 44.3 Å². The van der Waals surface area contributed by atoms with Gasteiger partial charge in [-0.05, 0) is 24.8 Å². The van der Waals surface area contributed by atoms with Crippen molar-refractivity contribution in [3.8, 4) is 0 Å². The predicted octanol–water partition coefficient (Wildman–Crippen LogP) is 2.70.